The normalized spacial score (nSPS) is 14.6. The molecule has 12 nitrogen and oxygen atoms in total. The van der Waals surface area contributed by atoms with E-state index in [0.29, 0.717) is 28.3 Å². The first kappa shape index (κ1) is 35.9. The maximum atomic E-state index is 16.1. The average molecular weight is 735 g/mol. The van der Waals surface area contributed by atoms with Gasteiger partial charge in [0.1, 0.15) is 41.0 Å². The van der Waals surface area contributed by atoms with Gasteiger partial charge in [-0.1, -0.05) is 26.5 Å². The molecule has 2 aromatic carbocycles. The number of hydrogen-bond acceptors (Lipinski definition) is 10. The molecule has 0 spiro atoms. The Morgan fingerprint density at radius 3 is 2.57 bits per heavy atom. The topological polar surface area (TPSA) is 144 Å². The Balaban J connectivity index is 1.22. The summed E-state index contributed by atoms with van der Waals surface area (Å²) >= 11 is 0. The van der Waals surface area contributed by atoms with Crippen LogP contribution in [0.4, 0.5) is 14.6 Å². The Hall–Kier alpha value is -6.44. The van der Waals surface area contributed by atoms with Gasteiger partial charge in [-0.15, -0.1) is 0 Å². The standard InChI is InChI=1S/C40H36F2N6O6/c1-21(2)34-36(22(3)13-14-43-34)48-38-27(18-29(42)35(44-38)33-28(41)7-6-8-30(33)49)37(45-40(48)52)47-16-15-46(19-24(47)5)39(51)23(4)20-53-26-11-9-25-10-12-32(50)54-31(25)17-26/h6-14,17-18,21,24,49H,4,15-16,19-20H2,1-3,5H3. The van der Waals surface area contributed by atoms with Crippen LogP contribution in [-0.4, -0.2) is 67.7 Å². The minimum Gasteiger partial charge on any atom is -0.507 e. The number of benzene rings is 2. The van der Waals surface area contributed by atoms with Crippen LogP contribution in [0.3, 0.4) is 0 Å². The van der Waals surface area contributed by atoms with E-state index in [4.69, 9.17) is 9.15 Å². The van der Waals surface area contributed by atoms with E-state index in [1.165, 1.54) is 22.8 Å². The fraction of sp³-hybridized carbons (Fsp3) is 0.250. The third-order valence-electron chi connectivity index (χ3n) is 9.45. The summed E-state index contributed by atoms with van der Waals surface area (Å²) in [5, 5.41) is 11.5. The molecule has 1 fully saturated rings. The maximum Gasteiger partial charge on any atom is 0.355 e. The minimum atomic E-state index is -0.936. The molecule has 7 rings (SSSR count). The van der Waals surface area contributed by atoms with Gasteiger partial charge < -0.3 is 24.1 Å². The lowest BCUT2D eigenvalue weighted by Gasteiger charge is -2.41. The van der Waals surface area contributed by atoms with Crippen molar-refractivity contribution in [2.45, 2.75) is 39.7 Å². The number of ether oxygens (including phenoxy) is 1. The van der Waals surface area contributed by atoms with Crippen LogP contribution in [0.15, 0.2) is 93.0 Å². The molecule has 276 valence electrons. The first-order valence-corrected chi connectivity index (χ1v) is 17.3. The number of pyridine rings is 2. The number of aryl methyl sites for hydroxylation is 1. The molecule has 14 heteroatoms. The van der Waals surface area contributed by atoms with Crippen molar-refractivity contribution in [3.63, 3.8) is 0 Å². The minimum absolute atomic E-state index is 0.00810. The molecule has 1 saturated heterocycles. The van der Waals surface area contributed by atoms with Crippen molar-refractivity contribution in [1.82, 2.24) is 24.4 Å². The molecular formula is C40H36F2N6O6. The summed E-state index contributed by atoms with van der Waals surface area (Å²) < 4.78 is 43.5. The molecule has 1 aliphatic rings. The van der Waals surface area contributed by atoms with Crippen LogP contribution in [0.1, 0.15) is 37.9 Å². The lowest BCUT2D eigenvalue weighted by molar-refractivity contribution is -0.128. The number of aromatic nitrogens is 4. The van der Waals surface area contributed by atoms with E-state index < -0.39 is 46.0 Å². The predicted octanol–water partition coefficient (Wildman–Crippen LogP) is 6.04. The first-order chi connectivity index (χ1) is 25.8. The molecule has 0 bridgehead atoms. The van der Waals surface area contributed by atoms with Crippen LogP contribution in [-0.2, 0) is 4.79 Å². The first-order valence-electron chi connectivity index (χ1n) is 17.3. The summed E-state index contributed by atoms with van der Waals surface area (Å²) in [6.45, 7) is 12.0. The number of phenolic OH excluding ortho intramolecular Hbond substituents is 1. The van der Waals surface area contributed by atoms with Gasteiger partial charge in [0.25, 0.3) is 5.91 Å². The zero-order valence-electron chi connectivity index (χ0n) is 30.0. The number of halogens is 2. The Labute approximate surface area is 307 Å². The zero-order valence-corrected chi connectivity index (χ0v) is 30.0. The molecule has 1 aliphatic heterocycles. The number of fused-ring (bicyclic) bond motifs is 2. The maximum absolute atomic E-state index is 16.1. The third kappa shape index (κ3) is 6.55. The number of anilines is 1. The highest BCUT2D eigenvalue weighted by molar-refractivity contribution is 5.94. The highest BCUT2D eigenvalue weighted by Gasteiger charge is 2.32. The lowest BCUT2D eigenvalue weighted by Crippen LogP contribution is -2.54. The van der Waals surface area contributed by atoms with Gasteiger partial charge in [-0.05, 0) is 67.8 Å². The second-order valence-electron chi connectivity index (χ2n) is 13.5. The van der Waals surface area contributed by atoms with E-state index in [0.717, 1.165) is 17.5 Å². The van der Waals surface area contributed by atoms with E-state index in [9.17, 15) is 19.5 Å². The number of phenols is 1. The number of amides is 1. The number of carbonyl (C=O) groups excluding carboxylic acids is 1. The summed E-state index contributed by atoms with van der Waals surface area (Å²) in [5.41, 5.74) is 0.0796. The van der Waals surface area contributed by atoms with Crippen molar-refractivity contribution in [3.05, 3.63) is 123 Å². The fourth-order valence-corrected chi connectivity index (χ4v) is 6.78. The monoisotopic (exact) mass is 734 g/mol. The van der Waals surface area contributed by atoms with Crippen molar-refractivity contribution in [1.29, 1.82) is 0 Å². The molecule has 54 heavy (non-hydrogen) atoms. The van der Waals surface area contributed by atoms with Gasteiger partial charge in [0.2, 0.25) is 0 Å². The fourth-order valence-electron chi connectivity index (χ4n) is 6.78. The quantitative estimate of drug-likeness (QED) is 0.145. The van der Waals surface area contributed by atoms with Crippen molar-refractivity contribution < 1.29 is 27.8 Å². The highest BCUT2D eigenvalue weighted by Crippen LogP contribution is 2.37. The molecular weight excluding hydrogens is 698 g/mol. The number of aromatic hydroxyl groups is 1. The highest BCUT2D eigenvalue weighted by atomic mass is 19.1. The van der Waals surface area contributed by atoms with Crippen molar-refractivity contribution in [2.75, 3.05) is 31.1 Å². The Bertz CT molecular complexity index is 2580. The predicted molar refractivity (Wildman–Crippen MR) is 199 cm³/mol. The molecule has 0 saturated carbocycles. The van der Waals surface area contributed by atoms with Crippen molar-refractivity contribution in [3.8, 4) is 28.4 Å². The Morgan fingerprint density at radius 2 is 1.83 bits per heavy atom. The molecule has 1 N–H and O–H groups in total. The van der Waals surface area contributed by atoms with Crippen LogP contribution in [0, 0.1) is 18.6 Å². The van der Waals surface area contributed by atoms with Gasteiger partial charge in [0.05, 0.1) is 22.3 Å². The second-order valence-corrected chi connectivity index (χ2v) is 13.5. The number of piperazine rings is 1. The summed E-state index contributed by atoms with van der Waals surface area (Å²) in [7, 11) is 0. The summed E-state index contributed by atoms with van der Waals surface area (Å²) in [6.07, 6.45) is 1.63. The van der Waals surface area contributed by atoms with E-state index in [1.54, 1.807) is 53.3 Å². The van der Waals surface area contributed by atoms with Gasteiger partial charge in [0, 0.05) is 55.0 Å². The lowest BCUT2D eigenvalue weighted by atomic mass is 10.0. The van der Waals surface area contributed by atoms with Gasteiger partial charge in [-0.3, -0.25) is 9.78 Å². The van der Waals surface area contributed by atoms with Crippen LogP contribution in [0.2, 0.25) is 0 Å². The largest absolute Gasteiger partial charge is 0.507 e. The van der Waals surface area contributed by atoms with E-state index in [1.807, 2.05) is 20.8 Å². The second kappa shape index (κ2) is 14.2. The van der Waals surface area contributed by atoms with Crippen LogP contribution < -0.4 is 21.0 Å². The van der Waals surface area contributed by atoms with Crippen LogP contribution in [0.25, 0.3) is 38.9 Å². The van der Waals surface area contributed by atoms with Gasteiger partial charge in [-0.25, -0.2) is 27.9 Å². The summed E-state index contributed by atoms with van der Waals surface area (Å²) in [5.74, 6) is -2.27. The molecule has 0 radical (unpaired) electrons. The zero-order chi connectivity index (χ0) is 38.4. The molecule has 4 aromatic heterocycles. The smallest absolute Gasteiger partial charge is 0.355 e. The molecule has 1 unspecified atom stereocenters. The average Bonchev–Trinajstić information content (AvgIpc) is 3.13. The SMILES string of the molecule is C=C(COc1ccc2ccc(=O)oc2c1)C(=O)N1CCN(c2nc(=O)n(-c3c(C)ccnc3C(C)C)c3nc(-c4c(O)cccc4F)c(F)cc23)C(C)C1. The van der Waals surface area contributed by atoms with E-state index in [2.05, 4.69) is 21.5 Å². The summed E-state index contributed by atoms with van der Waals surface area (Å²) in [6, 6.07) is 14.0. The van der Waals surface area contributed by atoms with Crippen LogP contribution in [0.5, 0.6) is 11.5 Å². The Morgan fingerprint density at radius 1 is 1.06 bits per heavy atom. The Kier molecular flexibility index (Phi) is 9.44. The van der Waals surface area contributed by atoms with E-state index in [-0.39, 0.29) is 60.5 Å². The molecule has 0 aliphatic carbocycles. The molecule has 1 amide bonds. The van der Waals surface area contributed by atoms with Crippen molar-refractivity contribution in [2.24, 2.45) is 0 Å². The van der Waals surface area contributed by atoms with Crippen LogP contribution >= 0.6 is 0 Å². The number of carbonyl (C=O) groups is 1. The van der Waals surface area contributed by atoms with Gasteiger partial charge in [-0.2, -0.15) is 4.98 Å². The molecule has 1 atom stereocenters. The third-order valence-corrected chi connectivity index (χ3v) is 9.45. The van der Waals surface area contributed by atoms with Crippen molar-refractivity contribution >= 4 is 33.7 Å². The molecule has 5 heterocycles. The van der Waals surface area contributed by atoms with Gasteiger partial charge >= 0.3 is 11.3 Å². The summed E-state index contributed by atoms with van der Waals surface area (Å²) in [4.78, 5) is 56.3. The van der Waals surface area contributed by atoms with E-state index >= 15 is 8.78 Å². The number of nitrogens with zero attached hydrogens (tertiary/aromatic N) is 6. The molecule has 6 aromatic rings. The van der Waals surface area contributed by atoms with Gasteiger partial charge in [0.15, 0.2) is 11.5 Å². The number of hydrogen-bond donors (Lipinski definition) is 1. The number of rotatable bonds is 8.